The molecule has 19 heavy (non-hydrogen) atoms. The maximum atomic E-state index is 13.3. The highest BCUT2D eigenvalue weighted by molar-refractivity contribution is 7.17. The van der Waals surface area contributed by atoms with Gasteiger partial charge in [-0.15, -0.1) is 0 Å². The quantitative estimate of drug-likeness (QED) is 0.877. The average molecular weight is 301 g/mol. The molecule has 2 aromatic rings. The van der Waals surface area contributed by atoms with Crippen molar-refractivity contribution in [3.8, 4) is 0 Å². The van der Waals surface area contributed by atoms with Gasteiger partial charge >= 0.3 is 5.97 Å². The second-order valence-corrected chi connectivity index (χ2v) is 5.09. The number of hydrogen-bond donors (Lipinski definition) is 1. The number of rotatable bonds is 3. The van der Waals surface area contributed by atoms with E-state index in [-0.39, 0.29) is 5.02 Å². The number of nitrogens with one attached hydrogen (secondary N) is 1. The first-order valence-electron chi connectivity index (χ1n) is 5.29. The van der Waals surface area contributed by atoms with Crippen LogP contribution in [0.15, 0.2) is 18.2 Å². The molecule has 0 amide bonds. The molecule has 0 unspecified atom stereocenters. The summed E-state index contributed by atoms with van der Waals surface area (Å²) in [5.74, 6) is -0.960. The molecule has 0 aliphatic carbocycles. The van der Waals surface area contributed by atoms with E-state index in [4.69, 9.17) is 11.6 Å². The Morgan fingerprint density at radius 1 is 1.53 bits per heavy atom. The minimum atomic E-state index is -0.520. The van der Waals surface area contributed by atoms with Crippen molar-refractivity contribution >= 4 is 39.7 Å². The summed E-state index contributed by atoms with van der Waals surface area (Å²) in [6.07, 6.45) is 0. The van der Waals surface area contributed by atoms with Crippen LogP contribution in [0.2, 0.25) is 5.02 Å². The number of hydrogen-bond acceptors (Lipinski definition) is 5. The van der Waals surface area contributed by atoms with E-state index in [9.17, 15) is 9.18 Å². The van der Waals surface area contributed by atoms with Crippen LogP contribution in [-0.2, 0) is 4.74 Å². The van der Waals surface area contributed by atoms with Crippen LogP contribution in [0, 0.1) is 12.7 Å². The summed E-state index contributed by atoms with van der Waals surface area (Å²) in [5, 5.41) is 3.45. The van der Waals surface area contributed by atoms with Gasteiger partial charge in [-0.1, -0.05) is 22.9 Å². The SMILES string of the molecule is COC(=O)c1sc(Nc2ccc(Cl)c(F)c2)nc1C. The molecule has 1 aromatic heterocycles. The number of ether oxygens (including phenoxy) is 1. The van der Waals surface area contributed by atoms with Crippen molar-refractivity contribution < 1.29 is 13.9 Å². The van der Waals surface area contributed by atoms with Crippen LogP contribution in [0.25, 0.3) is 0 Å². The molecule has 0 saturated carbocycles. The number of benzene rings is 1. The van der Waals surface area contributed by atoms with Gasteiger partial charge in [-0.2, -0.15) is 0 Å². The fourth-order valence-corrected chi connectivity index (χ4v) is 2.45. The Morgan fingerprint density at radius 2 is 2.26 bits per heavy atom. The van der Waals surface area contributed by atoms with Gasteiger partial charge in [-0.25, -0.2) is 14.2 Å². The summed E-state index contributed by atoms with van der Waals surface area (Å²) in [5.41, 5.74) is 1.07. The number of aryl methyl sites for hydroxylation is 1. The third kappa shape index (κ3) is 3.02. The number of halogens is 2. The zero-order valence-electron chi connectivity index (χ0n) is 10.2. The monoisotopic (exact) mass is 300 g/mol. The lowest BCUT2D eigenvalue weighted by Crippen LogP contribution is -1.99. The minimum Gasteiger partial charge on any atom is -0.465 e. The van der Waals surface area contributed by atoms with Gasteiger partial charge < -0.3 is 10.1 Å². The van der Waals surface area contributed by atoms with Crippen molar-refractivity contribution in [2.75, 3.05) is 12.4 Å². The van der Waals surface area contributed by atoms with Gasteiger partial charge in [-0.05, 0) is 25.1 Å². The molecular formula is C12H10ClFN2O2S. The fourth-order valence-electron chi connectivity index (χ4n) is 1.43. The largest absolute Gasteiger partial charge is 0.465 e. The maximum Gasteiger partial charge on any atom is 0.350 e. The van der Waals surface area contributed by atoms with E-state index < -0.39 is 11.8 Å². The van der Waals surface area contributed by atoms with E-state index in [1.54, 1.807) is 13.0 Å². The maximum absolute atomic E-state index is 13.3. The van der Waals surface area contributed by atoms with Gasteiger partial charge in [0.1, 0.15) is 10.7 Å². The highest BCUT2D eigenvalue weighted by Gasteiger charge is 2.15. The van der Waals surface area contributed by atoms with Gasteiger partial charge in [0.05, 0.1) is 17.8 Å². The molecule has 2 rings (SSSR count). The Morgan fingerprint density at radius 3 is 2.89 bits per heavy atom. The summed E-state index contributed by atoms with van der Waals surface area (Å²) in [7, 11) is 1.31. The van der Waals surface area contributed by atoms with E-state index in [1.165, 1.54) is 19.2 Å². The molecule has 0 aliphatic rings. The molecule has 4 nitrogen and oxygen atoms in total. The smallest absolute Gasteiger partial charge is 0.350 e. The first kappa shape index (κ1) is 13.8. The van der Waals surface area contributed by atoms with Crippen LogP contribution in [0.1, 0.15) is 15.4 Å². The number of carbonyl (C=O) groups excluding carboxylic acids is 1. The lowest BCUT2D eigenvalue weighted by Gasteiger charge is -2.02. The minimum absolute atomic E-state index is 0.0520. The normalized spacial score (nSPS) is 10.3. The fraction of sp³-hybridized carbons (Fsp3) is 0.167. The molecule has 0 spiro atoms. The molecule has 0 atom stereocenters. The lowest BCUT2D eigenvalue weighted by atomic mass is 10.3. The van der Waals surface area contributed by atoms with Crippen molar-refractivity contribution in [1.29, 1.82) is 0 Å². The van der Waals surface area contributed by atoms with Gasteiger partial charge in [0.15, 0.2) is 5.13 Å². The molecule has 0 saturated heterocycles. The zero-order valence-corrected chi connectivity index (χ0v) is 11.7. The topological polar surface area (TPSA) is 51.2 Å². The summed E-state index contributed by atoms with van der Waals surface area (Å²) >= 11 is 6.74. The predicted octanol–water partition coefficient (Wildman–Crippen LogP) is 3.77. The van der Waals surface area contributed by atoms with E-state index in [2.05, 4.69) is 15.0 Å². The Labute approximate surface area is 118 Å². The molecule has 0 aliphatic heterocycles. The first-order chi connectivity index (χ1) is 9.01. The Kier molecular flexibility index (Phi) is 4.01. The van der Waals surface area contributed by atoms with Gasteiger partial charge in [-0.3, -0.25) is 0 Å². The van der Waals surface area contributed by atoms with E-state index >= 15 is 0 Å². The second kappa shape index (κ2) is 5.54. The van der Waals surface area contributed by atoms with Gasteiger partial charge in [0, 0.05) is 5.69 Å². The molecule has 100 valence electrons. The Balaban J connectivity index is 2.24. The standard InChI is InChI=1S/C12H10ClFN2O2S/c1-6-10(11(17)18-2)19-12(15-6)16-7-3-4-8(13)9(14)5-7/h3-5H,1-2H3,(H,15,16). The number of carbonyl (C=O) groups is 1. The number of esters is 1. The van der Waals surface area contributed by atoms with Crippen molar-refractivity contribution in [1.82, 2.24) is 4.98 Å². The third-order valence-electron chi connectivity index (χ3n) is 2.34. The molecule has 0 bridgehead atoms. The summed E-state index contributed by atoms with van der Waals surface area (Å²) < 4.78 is 17.9. The van der Waals surface area contributed by atoms with Crippen LogP contribution in [0.5, 0.6) is 0 Å². The molecule has 0 fully saturated rings. The highest BCUT2D eigenvalue weighted by Crippen LogP contribution is 2.27. The molecule has 7 heteroatoms. The van der Waals surface area contributed by atoms with E-state index in [0.717, 1.165) is 11.3 Å². The number of anilines is 2. The molecule has 0 radical (unpaired) electrons. The van der Waals surface area contributed by atoms with Crippen LogP contribution >= 0.6 is 22.9 Å². The zero-order chi connectivity index (χ0) is 14.0. The lowest BCUT2D eigenvalue weighted by molar-refractivity contribution is 0.0605. The predicted molar refractivity (Wildman–Crippen MR) is 72.9 cm³/mol. The number of nitrogens with zero attached hydrogens (tertiary/aromatic N) is 1. The Hall–Kier alpha value is -1.66. The molecular weight excluding hydrogens is 291 g/mol. The average Bonchev–Trinajstić information content (AvgIpc) is 2.74. The van der Waals surface area contributed by atoms with Crippen LogP contribution in [-0.4, -0.2) is 18.1 Å². The van der Waals surface area contributed by atoms with E-state index in [0.29, 0.717) is 21.4 Å². The molecule has 1 heterocycles. The number of methoxy groups -OCH3 is 1. The van der Waals surface area contributed by atoms with Crippen molar-refractivity contribution in [2.24, 2.45) is 0 Å². The number of aromatic nitrogens is 1. The van der Waals surface area contributed by atoms with Crippen LogP contribution in [0.4, 0.5) is 15.2 Å². The van der Waals surface area contributed by atoms with Crippen LogP contribution < -0.4 is 5.32 Å². The first-order valence-corrected chi connectivity index (χ1v) is 6.48. The van der Waals surface area contributed by atoms with Crippen LogP contribution in [0.3, 0.4) is 0 Å². The highest BCUT2D eigenvalue weighted by atomic mass is 35.5. The van der Waals surface area contributed by atoms with Crippen molar-refractivity contribution in [3.05, 3.63) is 39.6 Å². The summed E-state index contributed by atoms with van der Waals surface area (Å²) in [6.45, 7) is 1.70. The van der Waals surface area contributed by atoms with Crippen molar-refractivity contribution in [3.63, 3.8) is 0 Å². The Bertz CT molecular complexity index is 630. The van der Waals surface area contributed by atoms with Gasteiger partial charge in [0.2, 0.25) is 0 Å². The summed E-state index contributed by atoms with van der Waals surface area (Å²) in [4.78, 5) is 16.0. The number of thiazole rings is 1. The molecule has 1 aromatic carbocycles. The van der Waals surface area contributed by atoms with Gasteiger partial charge in [0.25, 0.3) is 0 Å². The summed E-state index contributed by atoms with van der Waals surface area (Å²) in [6, 6.07) is 4.33. The molecule has 1 N–H and O–H groups in total. The third-order valence-corrected chi connectivity index (χ3v) is 3.70. The second-order valence-electron chi connectivity index (χ2n) is 3.68. The van der Waals surface area contributed by atoms with E-state index in [1.807, 2.05) is 0 Å². The van der Waals surface area contributed by atoms with Crippen molar-refractivity contribution in [2.45, 2.75) is 6.92 Å².